The van der Waals surface area contributed by atoms with Gasteiger partial charge < -0.3 is 11.0 Å². The van der Waals surface area contributed by atoms with E-state index in [1.165, 1.54) is 89.5 Å². The van der Waals surface area contributed by atoms with E-state index in [4.69, 9.17) is 0 Å². The lowest BCUT2D eigenvalue weighted by Gasteiger charge is -2.03. The van der Waals surface area contributed by atoms with Gasteiger partial charge in [0.25, 0.3) is 0 Å². The summed E-state index contributed by atoms with van der Waals surface area (Å²) in [7, 11) is -2.89. The summed E-state index contributed by atoms with van der Waals surface area (Å²) in [5.74, 6) is 0. The van der Waals surface area contributed by atoms with Crippen LogP contribution >= 0.6 is 82.3 Å². The van der Waals surface area contributed by atoms with E-state index in [1.54, 1.807) is 95.6 Å². The zero-order valence-electron chi connectivity index (χ0n) is 70.1. The summed E-state index contributed by atoms with van der Waals surface area (Å²) in [5.41, 5.74) is 2.62. The van der Waals surface area contributed by atoms with Gasteiger partial charge in [0.1, 0.15) is 25.0 Å². The van der Waals surface area contributed by atoms with E-state index in [2.05, 4.69) is 282 Å². The Kier molecular flexibility index (Phi) is 49.3. The van der Waals surface area contributed by atoms with Crippen LogP contribution < -0.4 is 0 Å². The number of hydrogen-bond donors (Lipinski definition) is 0. The zero-order chi connectivity index (χ0) is 82.5. The van der Waals surface area contributed by atoms with Gasteiger partial charge in [0.2, 0.25) is 0 Å². The van der Waals surface area contributed by atoms with Crippen LogP contribution in [0.5, 0.6) is 0 Å². The Morgan fingerprint density at radius 2 is 0.385 bits per heavy atom. The summed E-state index contributed by atoms with van der Waals surface area (Å²) in [4.78, 5) is 24.3. The van der Waals surface area contributed by atoms with Crippen LogP contribution in [0.15, 0.2) is 474 Å². The van der Waals surface area contributed by atoms with Gasteiger partial charge in [0, 0.05) is 153 Å². The molecule has 14 rings (SSSR count). The van der Waals surface area contributed by atoms with Crippen molar-refractivity contribution >= 4 is 158 Å². The molecule has 117 heavy (non-hydrogen) atoms. The topological polar surface area (TPSA) is 131 Å². The molecular weight excluding hydrogens is 1710 g/mol. The van der Waals surface area contributed by atoms with E-state index >= 15 is 0 Å². The maximum Gasteiger partial charge on any atom is 1.00 e. The van der Waals surface area contributed by atoms with Gasteiger partial charge in [-0.15, -0.1) is 35.3 Å². The van der Waals surface area contributed by atoms with E-state index < -0.39 is 43.2 Å². The molecular formula is C97H107O6S14+5. The maximum atomic E-state index is 11.3. The zero-order valence-corrected chi connectivity index (χ0v) is 79.6. The molecule has 0 aliphatic rings. The third-order valence-corrected chi connectivity index (χ3v) is 31.5. The standard InChI is InChI=1S/C15H17S2.C14H15OS2.C14H14S2.C14H15S2.2C13H12OS2.C7H8OS.C7H8S.2H2O/c1-12-4-6-13(7-5-12)16-14-8-10-15(11-9-14)17(2)3;1-16(12-6-4-3-5-7-12)13-8-10-14(11-9-13)17(2)15;1-11-3-5-13(6-4-11)16-14-9-7-12(15-2)8-10-14;1-15-12-8-10-14(11-9-12)16(2)13-6-4-3-5-7-13;2*1-16(14)13-9-7-12(8-10-13)15-11-5-3-2-4-6-11;1-9(8)7-5-3-2-4-6-7;1-8-7-5-3-2-4-6-7;;/h4-11H,1-3H3;3-11H,1-2H3;3-10H,1-2H3;3-11H,1-2H3;2*2-10H,1H3;2-6H,1H3;2-6H,1H3;2*1H2/q2*+1;;+1;;;;;;/p+2. The van der Waals surface area contributed by atoms with Gasteiger partial charge in [-0.3, -0.25) is 16.8 Å². The molecule has 6 atom stereocenters. The third kappa shape index (κ3) is 39.0. The van der Waals surface area contributed by atoms with Crippen molar-refractivity contribution in [1.29, 1.82) is 0 Å². The fraction of sp³-hybridized carbons (Fsp3) is 0.134. The molecule has 610 valence electrons. The summed E-state index contributed by atoms with van der Waals surface area (Å²) in [6.45, 7) is 4.23. The molecule has 0 aromatic heterocycles. The molecule has 6 nitrogen and oxygen atoms in total. The van der Waals surface area contributed by atoms with Crippen molar-refractivity contribution < 1.29 is 30.6 Å². The van der Waals surface area contributed by atoms with Crippen LogP contribution in [0.2, 0.25) is 0 Å². The molecule has 20 heteroatoms. The van der Waals surface area contributed by atoms with Crippen LogP contribution in [0.25, 0.3) is 0 Å². The third-order valence-electron chi connectivity index (χ3n) is 16.3. The van der Waals surface area contributed by atoms with Crippen molar-refractivity contribution in [1.82, 2.24) is 0 Å². The Morgan fingerprint density at radius 3 is 0.641 bits per heavy atom. The number of hydrogen-bond acceptors (Lipinski definition) is 11. The van der Waals surface area contributed by atoms with Gasteiger partial charge in [0.05, 0.1) is 21.8 Å². The Labute approximate surface area is 749 Å². The van der Waals surface area contributed by atoms with Gasteiger partial charge in [-0.2, -0.15) is 0 Å². The highest BCUT2D eigenvalue weighted by molar-refractivity contribution is 8.01. The highest BCUT2D eigenvalue weighted by Gasteiger charge is 2.20. The molecule has 0 spiro atoms. The normalized spacial score (nSPS) is 11.7. The minimum Gasteiger partial charge on any atom is -0.412 e. The quantitative estimate of drug-likeness (QED) is 0.0534. The van der Waals surface area contributed by atoms with Crippen molar-refractivity contribution in [3.8, 4) is 0 Å². The SMILES string of the molecule is CS(=O)c1ccc(Sc2ccccc2)cc1.CS(=O)c1ccc(Sc2ccccc2)cc1.CS(=O)c1ccc([S+](C)c2ccccc2)cc1.CS(=O)c1ccccc1.CSc1ccc(Sc2ccc(C)cc2)cc1.CSc1ccc([S+](C)c2ccccc2)cc1.CSc1ccccc1.Cc1ccc(Sc2ccc([S+](C)C)cc2)cc1.O.O.[H+].[H+]. The van der Waals surface area contributed by atoms with Crippen LogP contribution in [-0.2, 0) is 75.9 Å². The molecule has 0 saturated carbocycles. The average Bonchev–Trinajstić information content (AvgIpc) is 0.855. The minimum absolute atomic E-state index is 0. The van der Waals surface area contributed by atoms with Crippen molar-refractivity contribution in [2.75, 3.05) is 68.8 Å². The molecule has 0 fully saturated rings. The van der Waals surface area contributed by atoms with Crippen molar-refractivity contribution in [2.24, 2.45) is 0 Å². The minimum atomic E-state index is -0.893. The van der Waals surface area contributed by atoms with Crippen LogP contribution in [0.4, 0.5) is 0 Å². The van der Waals surface area contributed by atoms with Gasteiger partial charge in [0.15, 0.2) is 24.5 Å². The van der Waals surface area contributed by atoms with Gasteiger partial charge in [-0.25, -0.2) is 0 Å². The van der Waals surface area contributed by atoms with Crippen LogP contribution in [0.3, 0.4) is 0 Å². The number of rotatable bonds is 20. The Hall–Kier alpha value is -6.90. The highest BCUT2D eigenvalue weighted by Crippen LogP contribution is 2.33. The summed E-state index contributed by atoms with van der Waals surface area (Å²) in [6, 6.07) is 129. The number of benzene rings is 14. The summed E-state index contributed by atoms with van der Waals surface area (Å²) >= 11 is 12.4. The van der Waals surface area contributed by atoms with Crippen molar-refractivity contribution in [3.05, 3.63) is 387 Å². The number of aryl methyl sites for hydroxylation is 2. The van der Waals surface area contributed by atoms with Gasteiger partial charge in [-0.1, -0.05) is 192 Å². The van der Waals surface area contributed by atoms with E-state index in [0.29, 0.717) is 10.9 Å². The molecule has 0 heterocycles. The maximum absolute atomic E-state index is 11.3. The predicted octanol–water partition coefficient (Wildman–Crippen LogP) is 26.0. The summed E-state index contributed by atoms with van der Waals surface area (Å²) in [5, 5.41) is 0. The van der Waals surface area contributed by atoms with Crippen molar-refractivity contribution in [3.63, 3.8) is 0 Å². The Morgan fingerprint density at radius 1 is 0.214 bits per heavy atom. The highest BCUT2D eigenvalue weighted by atomic mass is 32.2. The molecule has 4 N–H and O–H groups in total. The average molecular weight is 1820 g/mol. The molecule has 14 aromatic carbocycles. The first-order chi connectivity index (χ1) is 55.7. The predicted molar refractivity (Wildman–Crippen MR) is 527 cm³/mol. The van der Waals surface area contributed by atoms with E-state index in [0.717, 1.165) is 19.6 Å². The second kappa shape index (κ2) is 57.3. The van der Waals surface area contributed by atoms with Gasteiger partial charge >= 0.3 is 2.85 Å². The molecule has 0 saturated heterocycles. The molecule has 0 bridgehead atoms. The fourth-order valence-electron chi connectivity index (χ4n) is 9.86. The Balaban J connectivity index is 0.000000353. The molecule has 6 unspecified atom stereocenters. The summed E-state index contributed by atoms with van der Waals surface area (Å²) in [6.07, 6.45) is 22.1. The summed E-state index contributed by atoms with van der Waals surface area (Å²) < 4.78 is 44.5. The van der Waals surface area contributed by atoms with E-state index in [1.807, 2.05) is 163 Å². The lowest BCUT2D eigenvalue weighted by atomic mass is 10.2. The van der Waals surface area contributed by atoms with Crippen LogP contribution in [0.1, 0.15) is 14.0 Å². The first-order valence-corrected chi connectivity index (χ1v) is 54.8. The lowest BCUT2D eigenvalue weighted by molar-refractivity contribution is 0.686. The molecule has 0 aliphatic carbocycles. The molecule has 14 aromatic rings. The van der Waals surface area contributed by atoms with E-state index in [-0.39, 0.29) is 35.6 Å². The lowest BCUT2D eigenvalue weighted by Crippen LogP contribution is -2.00. The largest absolute Gasteiger partial charge is 1.00 e. The van der Waals surface area contributed by atoms with E-state index in [9.17, 15) is 16.8 Å². The second-order valence-corrected chi connectivity index (χ2v) is 43.8. The first kappa shape index (κ1) is 101. The molecule has 0 aliphatic heterocycles. The van der Waals surface area contributed by atoms with Gasteiger partial charge in [-0.05, 0) is 275 Å². The van der Waals surface area contributed by atoms with Crippen LogP contribution in [-0.4, -0.2) is 96.6 Å². The number of thioether (sulfide) groups is 3. The second-order valence-electron chi connectivity index (χ2n) is 25.0. The molecule has 0 amide bonds. The monoisotopic (exact) mass is 1820 g/mol. The smallest absolute Gasteiger partial charge is 0.412 e. The van der Waals surface area contributed by atoms with Crippen LogP contribution in [0, 0.1) is 13.8 Å². The van der Waals surface area contributed by atoms with Crippen molar-refractivity contribution in [2.45, 2.75) is 112 Å². The Bertz CT molecular complexity index is 5010. The molecule has 0 radical (unpaired) electrons. The first-order valence-electron chi connectivity index (χ1n) is 36.3. The fourth-order valence-corrected chi connectivity index (χ4v) is 20.0.